The predicted octanol–water partition coefficient (Wildman–Crippen LogP) is 3.62. The van der Waals surface area contributed by atoms with Crippen LogP contribution in [0.25, 0.3) is 0 Å². The zero-order valence-electron chi connectivity index (χ0n) is 22.0. The van der Waals surface area contributed by atoms with E-state index in [1.54, 1.807) is 0 Å². The fourth-order valence-electron chi connectivity index (χ4n) is 4.25. The van der Waals surface area contributed by atoms with Crippen LogP contribution in [-0.4, -0.2) is 55.2 Å². The van der Waals surface area contributed by atoms with Gasteiger partial charge in [-0.2, -0.15) is 0 Å². The summed E-state index contributed by atoms with van der Waals surface area (Å²) in [5.41, 5.74) is 2.19. The lowest BCUT2D eigenvalue weighted by Gasteiger charge is -2.22. The lowest BCUT2D eigenvalue weighted by Crippen LogP contribution is -2.35. The van der Waals surface area contributed by atoms with Gasteiger partial charge in [0.2, 0.25) is 29.0 Å². The second-order valence-corrected chi connectivity index (χ2v) is 9.94. The number of carbonyl (C=O) groups excluding carboxylic acids is 1. The number of hydrogen-bond donors (Lipinski definition) is 2. The van der Waals surface area contributed by atoms with Crippen molar-refractivity contribution in [2.75, 3.05) is 32.8 Å². The summed E-state index contributed by atoms with van der Waals surface area (Å²) in [4.78, 5) is 13.9. The summed E-state index contributed by atoms with van der Waals surface area (Å²) in [6, 6.07) is 11.3. The zero-order valence-corrected chi connectivity index (χ0v) is 22.0. The standard InChI is InChI=1S/C27H37N3O7/c1-26(2)34-21-11-5-9-19(24(21)36-26)32-17-7-14-30(16-13-23(31)29-28)15-8-18-33-20-10-6-12-22-25(20)37-27(3,4)35-22/h5-6,9-12H,7-8,13-18,28H2,1-4H3,(H,29,31). The molecule has 0 aromatic heterocycles. The van der Waals surface area contributed by atoms with Crippen molar-refractivity contribution in [3.8, 4) is 34.5 Å². The minimum atomic E-state index is -0.709. The van der Waals surface area contributed by atoms with Gasteiger partial charge in [0.1, 0.15) is 0 Å². The molecule has 0 saturated heterocycles. The number of ether oxygens (including phenoxy) is 6. The highest BCUT2D eigenvalue weighted by atomic mass is 16.7. The van der Waals surface area contributed by atoms with Gasteiger partial charge in [-0.05, 0) is 37.1 Å². The second-order valence-electron chi connectivity index (χ2n) is 9.94. The van der Waals surface area contributed by atoms with Gasteiger partial charge in [0, 0.05) is 53.8 Å². The molecule has 0 bridgehead atoms. The third-order valence-electron chi connectivity index (χ3n) is 5.86. The molecule has 4 rings (SSSR count). The molecular formula is C27H37N3O7. The van der Waals surface area contributed by atoms with Crippen LogP contribution in [0.4, 0.5) is 0 Å². The molecule has 0 saturated carbocycles. The minimum Gasteiger partial charge on any atom is -0.489 e. The number of nitrogens with two attached hydrogens (primary N) is 1. The van der Waals surface area contributed by atoms with Crippen molar-refractivity contribution in [1.82, 2.24) is 10.3 Å². The summed E-state index contributed by atoms with van der Waals surface area (Å²) >= 11 is 0. The Kier molecular flexibility index (Phi) is 8.19. The molecule has 10 heteroatoms. The van der Waals surface area contributed by atoms with E-state index in [-0.39, 0.29) is 5.91 Å². The Labute approximate surface area is 217 Å². The molecule has 0 spiro atoms. The van der Waals surface area contributed by atoms with Gasteiger partial charge < -0.3 is 33.3 Å². The number of benzene rings is 2. The van der Waals surface area contributed by atoms with Gasteiger partial charge in [0.25, 0.3) is 0 Å². The van der Waals surface area contributed by atoms with E-state index in [0.717, 1.165) is 25.9 Å². The van der Waals surface area contributed by atoms with Crippen molar-refractivity contribution in [3.63, 3.8) is 0 Å². The molecule has 0 unspecified atom stereocenters. The highest BCUT2D eigenvalue weighted by Gasteiger charge is 2.35. The molecular weight excluding hydrogens is 478 g/mol. The lowest BCUT2D eigenvalue weighted by molar-refractivity contribution is -0.121. The Bertz CT molecular complexity index is 1010. The number of para-hydroxylation sites is 2. The summed E-state index contributed by atoms with van der Waals surface area (Å²) in [6.45, 7) is 10.5. The molecule has 3 N–H and O–H groups in total. The number of carbonyl (C=O) groups is 1. The normalized spacial score (nSPS) is 16.1. The topological polar surface area (TPSA) is 114 Å². The van der Waals surface area contributed by atoms with Gasteiger partial charge in [-0.25, -0.2) is 5.84 Å². The van der Waals surface area contributed by atoms with E-state index in [1.807, 2.05) is 64.1 Å². The van der Waals surface area contributed by atoms with Crippen molar-refractivity contribution in [1.29, 1.82) is 0 Å². The first-order chi connectivity index (χ1) is 17.7. The van der Waals surface area contributed by atoms with E-state index in [4.69, 9.17) is 34.3 Å². The van der Waals surface area contributed by atoms with Crippen LogP contribution in [-0.2, 0) is 4.79 Å². The Morgan fingerprint density at radius 2 is 1.30 bits per heavy atom. The van der Waals surface area contributed by atoms with Crippen LogP contribution in [0.1, 0.15) is 47.0 Å². The first-order valence-electron chi connectivity index (χ1n) is 12.7. The van der Waals surface area contributed by atoms with Crippen LogP contribution in [0.15, 0.2) is 36.4 Å². The number of amides is 1. The van der Waals surface area contributed by atoms with Crippen molar-refractivity contribution < 1.29 is 33.2 Å². The van der Waals surface area contributed by atoms with E-state index in [2.05, 4.69) is 10.3 Å². The summed E-state index contributed by atoms with van der Waals surface area (Å²) in [5, 5.41) is 0. The Balaban J connectivity index is 1.24. The maximum atomic E-state index is 11.7. The molecule has 202 valence electrons. The Morgan fingerprint density at radius 3 is 1.76 bits per heavy atom. The van der Waals surface area contributed by atoms with Crippen LogP contribution < -0.4 is 39.7 Å². The summed E-state index contributed by atoms with van der Waals surface area (Å²) in [6.07, 6.45) is 1.86. The molecule has 0 radical (unpaired) electrons. The number of rotatable bonds is 13. The molecule has 2 aliphatic rings. The molecule has 10 nitrogen and oxygen atoms in total. The summed E-state index contributed by atoms with van der Waals surface area (Å²) in [7, 11) is 0. The smallest absolute Gasteiger partial charge is 0.246 e. The van der Waals surface area contributed by atoms with Gasteiger partial charge in [-0.3, -0.25) is 10.2 Å². The number of fused-ring (bicyclic) bond motifs is 2. The SMILES string of the molecule is CC1(C)Oc2cccc(OCCCN(CCCOc3cccc4c3OC(C)(C)O4)CCC(=O)NN)c2O1. The van der Waals surface area contributed by atoms with Crippen LogP contribution in [0.2, 0.25) is 0 Å². The Hall–Kier alpha value is -3.37. The lowest BCUT2D eigenvalue weighted by atomic mass is 10.3. The van der Waals surface area contributed by atoms with E-state index in [9.17, 15) is 4.79 Å². The number of nitrogens with one attached hydrogen (secondary N) is 1. The number of hydrogen-bond acceptors (Lipinski definition) is 9. The van der Waals surface area contributed by atoms with Gasteiger partial charge in [-0.15, -0.1) is 0 Å². The van der Waals surface area contributed by atoms with Crippen molar-refractivity contribution in [3.05, 3.63) is 36.4 Å². The quantitative estimate of drug-likeness (QED) is 0.179. The van der Waals surface area contributed by atoms with E-state index in [1.165, 1.54) is 0 Å². The fraction of sp³-hybridized carbons (Fsp3) is 0.519. The summed E-state index contributed by atoms with van der Waals surface area (Å²) < 4.78 is 35.3. The van der Waals surface area contributed by atoms with Gasteiger partial charge in [0.05, 0.1) is 13.2 Å². The molecule has 2 aromatic rings. The number of hydrazine groups is 1. The van der Waals surface area contributed by atoms with E-state index in [0.29, 0.717) is 60.7 Å². The van der Waals surface area contributed by atoms with Crippen LogP contribution >= 0.6 is 0 Å². The molecule has 0 fully saturated rings. The highest BCUT2D eigenvalue weighted by molar-refractivity contribution is 5.75. The average Bonchev–Trinajstić information content (AvgIpc) is 3.35. The molecule has 37 heavy (non-hydrogen) atoms. The van der Waals surface area contributed by atoms with Gasteiger partial charge in [0.15, 0.2) is 23.0 Å². The average molecular weight is 516 g/mol. The van der Waals surface area contributed by atoms with Crippen molar-refractivity contribution in [2.45, 2.75) is 58.5 Å². The molecule has 2 heterocycles. The van der Waals surface area contributed by atoms with Crippen molar-refractivity contribution in [2.24, 2.45) is 5.84 Å². The number of nitrogens with zero attached hydrogens (tertiary/aromatic N) is 1. The van der Waals surface area contributed by atoms with Gasteiger partial charge in [-0.1, -0.05) is 12.1 Å². The monoisotopic (exact) mass is 515 g/mol. The van der Waals surface area contributed by atoms with E-state index >= 15 is 0 Å². The maximum Gasteiger partial charge on any atom is 0.246 e. The van der Waals surface area contributed by atoms with Crippen LogP contribution in [0.5, 0.6) is 34.5 Å². The molecule has 2 aromatic carbocycles. The first-order valence-corrected chi connectivity index (χ1v) is 12.7. The maximum absolute atomic E-state index is 11.7. The first kappa shape index (κ1) is 26.7. The fourth-order valence-corrected chi connectivity index (χ4v) is 4.25. The third kappa shape index (κ3) is 7.11. The second kappa shape index (κ2) is 11.4. The Morgan fingerprint density at radius 1 is 0.811 bits per heavy atom. The van der Waals surface area contributed by atoms with E-state index < -0.39 is 11.6 Å². The molecule has 1 amide bonds. The molecule has 0 aliphatic carbocycles. The van der Waals surface area contributed by atoms with Gasteiger partial charge >= 0.3 is 0 Å². The predicted molar refractivity (Wildman–Crippen MR) is 137 cm³/mol. The summed E-state index contributed by atoms with van der Waals surface area (Å²) in [5.74, 6) is 7.59. The largest absolute Gasteiger partial charge is 0.489 e. The molecule has 2 aliphatic heterocycles. The van der Waals surface area contributed by atoms with Crippen LogP contribution in [0, 0.1) is 0 Å². The van der Waals surface area contributed by atoms with Crippen LogP contribution in [0.3, 0.4) is 0 Å². The van der Waals surface area contributed by atoms with Crippen molar-refractivity contribution >= 4 is 5.91 Å². The third-order valence-corrected chi connectivity index (χ3v) is 5.86. The zero-order chi connectivity index (χ0) is 26.5. The highest BCUT2D eigenvalue weighted by Crippen LogP contribution is 2.46. The molecule has 0 atom stereocenters. The minimum absolute atomic E-state index is 0.197.